The molecule has 0 saturated carbocycles. The van der Waals surface area contributed by atoms with Crippen LogP contribution in [0.5, 0.6) is 0 Å². The van der Waals surface area contributed by atoms with E-state index in [1.54, 1.807) is 23.6 Å². The van der Waals surface area contributed by atoms with Gasteiger partial charge < -0.3 is 4.57 Å². The maximum Gasteiger partial charge on any atom is 0.279 e. The largest absolute Gasteiger partial charge is 0.312 e. The number of carbonyl (C=O) groups is 1. The van der Waals surface area contributed by atoms with E-state index in [1.807, 2.05) is 6.92 Å². The van der Waals surface area contributed by atoms with Crippen molar-refractivity contribution in [1.82, 2.24) is 8.87 Å². The highest BCUT2D eigenvalue weighted by Crippen LogP contribution is 2.23. The van der Waals surface area contributed by atoms with Crippen molar-refractivity contribution in [1.29, 1.82) is 0 Å². The molecule has 0 N–H and O–H groups in total. The summed E-state index contributed by atoms with van der Waals surface area (Å²) in [5.41, 5.74) is 0.897. The van der Waals surface area contributed by atoms with Crippen LogP contribution in [-0.2, 0) is 16.6 Å². The molecule has 1 amide bonds. The third-order valence-electron chi connectivity index (χ3n) is 5.24. The van der Waals surface area contributed by atoms with Gasteiger partial charge in [0.25, 0.3) is 11.6 Å². The normalized spacial score (nSPS) is 12.4. The summed E-state index contributed by atoms with van der Waals surface area (Å²) in [5, 5.41) is 11.1. The van der Waals surface area contributed by atoms with Crippen LogP contribution in [0.4, 0.5) is 5.69 Å². The van der Waals surface area contributed by atoms with Gasteiger partial charge in [0, 0.05) is 37.3 Å². The number of aromatic nitrogens is 1. The third-order valence-corrected chi connectivity index (χ3v) is 8.27. The molecule has 0 fully saturated rings. The topological polar surface area (TPSA) is 115 Å². The van der Waals surface area contributed by atoms with Crippen molar-refractivity contribution >= 4 is 43.2 Å². The Balaban J connectivity index is 1.96. The molecule has 0 aliphatic rings. The quantitative estimate of drug-likeness (QED) is 0.232. The highest BCUT2D eigenvalue weighted by Gasteiger charge is 2.22. The summed E-state index contributed by atoms with van der Waals surface area (Å²) in [5.74, 6) is -0.541. The van der Waals surface area contributed by atoms with Crippen LogP contribution in [0.25, 0.3) is 10.2 Å². The number of fused-ring (bicyclic) bond motifs is 1. The van der Waals surface area contributed by atoms with Crippen LogP contribution in [-0.4, -0.2) is 41.2 Å². The first-order valence-electron chi connectivity index (χ1n) is 10.8. The number of rotatable bonds is 10. The Morgan fingerprint density at radius 2 is 1.94 bits per heavy atom. The van der Waals surface area contributed by atoms with E-state index in [9.17, 15) is 23.3 Å². The Labute approximate surface area is 201 Å². The number of unbranched alkanes of at least 4 members (excludes halogenated alkanes) is 1. The van der Waals surface area contributed by atoms with Crippen LogP contribution >= 0.6 is 11.3 Å². The molecule has 0 bridgehead atoms. The number of nitro benzene ring substituents is 1. The van der Waals surface area contributed by atoms with Gasteiger partial charge >= 0.3 is 0 Å². The lowest BCUT2D eigenvalue weighted by Crippen LogP contribution is -2.31. The summed E-state index contributed by atoms with van der Waals surface area (Å²) in [6.07, 6.45) is 3.30. The summed E-state index contributed by atoms with van der Waals surface area (Å²) in [7, 11) is -3.64. The van der Waals surface area contributed by atoms with Crippen molar-refractivity contribution in [3.05, 3.63) is 75.6 Å². The third kappa shape index (κ3) is 5.32. The Morgan fingerprint density at radius 1 is 1.24 bits per heavy atom. The molecular weight excluding hydrogens is 476 g/mol. The summed E-state index contributed by atoms with van der Waals surface area (Å²) in [6, 6.07) is 10.2. The van der Waals surface area contributed by atoms with E-state index < -0.39 is 20.9 Å². The van der Waals surface area contributed by atoms with Gasteiger partial charge in [0.15, 0.2) is 4.80 Å². The second kappa shape index (κ2) is 10.9. The highest BCUT2D eigenvalue weighted by molar-refractivity contribution is 7.89. The second-order valence-corrected chi connectivity index (χ2v) is 10.4. The van der Waals surface area contributed by atoms with Crippen molar-refractivity contribution in [2.75, 3.05) is 13.1 Å². The molecule has 2 aromatic carbocycles. The standard InChI is InChI=1S/C23H26N4O5S2/c1-4-7-15-25(6-3)34(31,32)19-11-8-17(9-12-19)22(28)24-23-26(14-5-2)20-13-10-18(27(29)30)16-21(20)33-23/h5,8-13,16H,2,4,6-7,14-15H2,1,3H3. The number of sulfonamides is 1. The molecule has 0 spiro atoms. The Hall–Kier alpha value is -3.15. The molecule has 0 radical (unpaired) electrons. The van der Waals surface area contributed by atoms with E-state index in [-0.39, 0.29) is 16.1 Å². The molecule has 0 aliphatic heterocycles. The van der Waals surface area contributed by atoms with Gasteiger partial charge in [-0.1, -0.05) is 37.7 Å². The molecule has 180 valence electrons. The van der Waals surface area contributed by atoms with Crippen molar-refractivity contribution in [2.45, 2.75) is 38.1 Å². The summed E-state index contributed by atoms with van der Waals surface area (Å²) in [4.78, 5) is 28.2. The van der Waals surface area contributed by atoms with Crippen LogP contribution in [0.15, 0.2) is 65.0 Å². The molecule has 9 nitrogen and oxygen atoms in total. The van der Waals surface area contributed by atoms with Crippen molar-refractivity contribution in [3.8, 4) is 0 Å². The van der Waals surface area contributed by atoms with Gasteiger partial charge in [-0.15, -0.1) is 6.58 Å². The van der Waals surface area contributed by atoms with Crippen molar-refractivity contribution < 1.29 is 18.1 Å². The molecule has 0 saturated heterocycles. The molecule has 34 heavy (non-hydrogen) atoms. The minimum Gasteiger partial charge on any atom is -0.312 e. The second-order valence-electron chi connectivity index (χ2n) is 7.48. The fraction of sp³-hybridized carbons (Fsp3) is 0.304. The molecule has 3 rings (SSSR count). The fourth-order valence-corrected chi connectivity index (χ4v) is 5.98. The first-order chi connectivity index (χ1) is 16.2. The van der Waals surface area contributed by atoms with E-state index in [0.717, 1.165) is 24.2 Å². The smallest absolute Gasteiger partial charge is 0.279 e. The maximum absolute atomic E-state index is 12.9. The average molecular weight is 503 g/mol. The zero-order valence-electron chi connectivity index (χ0n) is 19.0. The molecule has 3 aromatic rings. The van der Waals surface area contributed by atoms with E-state index >= 15 is 0 Å². The monoisotopic (exact) mass is 502 g/mol. The Kier molecular flexibility index (Phi) is 8.13. The summed E-state index contributed by atoms with van der Waals surface area (Å²) in [6.45, 7) is 8.70. The fourth-order valence-electron chi connectivity index (χ4n) is 3.42. The zero-order chi connectivity index (χ0) is 24.9. The van der Waals surface area contributed by atoms with E-state index in [2.05, 4.69) is 11.6 Å². The Bertz CT molecular complexity index is 1390. The van der Waals surface area contributed by atoms with E-state index in [4.69, 9.17) is 0 Å². The first-order valence-corrected chi connectivity index (χ1v) is 13.1. The minimum absolute atomic E-state index is 0.0470. The predicted octanol–water partition coefficient (Wildman–Crippen LogP) is 4.35. The number of amides is 1. The zero-order valence-corrected chi connectivity index (χ0v) is 20.6. The lowest BCUT2D eigenvalue weighted by molar-refractivity contribution is -0.384. The average Bonchev–Trinajstić information content (AvgIpc) is 3.15. The van der Waals surface area contributed by atoms with Crippen LogP contribution in [0, 0.1) is 10.1 Å². The van der Waals surface area contributed by atoms with Crippen molar-refractivity contribution in [2.24, 2.45) is 4.99 Å². The molecule has 0 aliphatic carbocycles. The number of hydrogen-bond acceptors (Lipinski definition) is 6. The summed E-state index contributed by atoms with van der Waals surface area (Å²) >= 11 is 1.16. The van der Waals surface area contributed by atoms with Crippen LogP contribution < -0.4 is 4.80 Å². The number of hydrogen-bond donors (Lipinski definition) is 0. The molecule has 1 aromatic heterocycles. The van der Waals surface area contributed by atoms with Gasteiger partial charge in [0.1, 0.15) is 0 Å². The van der Waals surface area contributed by atoms with Crippen molar-refractivity contribution in [3.63, 3.8) is 0 Å². The minimum atomic E-state index is -3.64. The van der Waals surface area contributed by atoms with E-state index in [1.165, 1.54) is 40.7 Å². The van der Waals surface area contributed by atoms with Crippen LogP contribution in [0.2, 0.25) is 0 Å². The van der Waals surface area contributed by atoms with Gasteiger partial charge in [-0.05, 0) is 36.8 Å². The molecule has 0 atom stereocenters. The number of allylic oxidation sites excluding steroid dienone is 1. The molecule has 11 heteroatoms. The van der Waals surface area contributed by atoms with Gasteiger partial charge in [-0.3, -0.25) is 14.9 Å². The number of thiazole rings is 1. The van der Waals surface area contributed by atoms with Gasteiger partial charge in [0.2, 0.25) is 10.0 Å². The number of nitrogens with zero attached hydrogens (tertiary/aromatic N) is 4. The lowest BCUT2D eigenvalue weighted by atomic mass is 10.2. The SMILES string of the molecule is C=CCn1c(=NC(=O)c2ccc(S(=O)(=O)N(CC)CCCC)cc2)sc2cc([N+](=O)[O-])ccc21. The van der Waals surface area contributed by atoms with Gasteiger partial charge in [0.05, 0.1) is 20.0 Å². The van der Waals surface area contributed by atoms with Crippen LogP contribution in [0.3, 0.4) is 0 Å². The maximum atomic E-state index is 12.9. The van der Waals surface area contributed by atoms with Crippen LogP contribution in [0.1, 0.15) is 37.0 Å². The number of benzene rings is 2. The Morgan fingerprint density at radius 3 is 2.53 bits per heavy atom. The van der Waals surface area contributed by atoms with E-state index in [0.29, 0.717) is 34.7 Å². The molecule has 1 heterocycles. The van der Waals surface area contributed by atoms with Gasteiger partial charge in [-0.25, -0.2) is 8.42 Å². The summed E-state index contributed by atoms with van der Waals surface area (Å²) < 4.78 is 29.6. The number of carbonyl (C=O) groups excluding carboxylic acids is 1. The first kappa shape index (κ1) is 25.5. The highest BCUT2D eigenvalue weighted by atomic mass is 32.2. The lowest BCUT2D eigenvalue weighted by Gasteiger charge is -2.20. The predicted molar refractivity (Wildman–Crippen MR) is 132 cm³/mol. The molecule has 0 unspecified atom stereocenters. The number of nitro groups is 1. The van der Waals surface area contributed by atoms with Gasteiger partial charge in [-0.2, -0.15) is 9.30 Å². The molecular formula is C23H26N4O5S2. The number of non-ortho nitro benzene ring substituents is 1.